The Morgan fingerprint density at radius 2 is 2.20 bits per heavy atom. The second kappa shape index (κ2) is 6.76. The molecule has 6 heteroatoms. The molecule has 4 nitrogen and oxygen atoms in total. The molecule has 0 bridgehead atoms. The minimum absolute atomic E-state index is 0.0825. The maximum atomic E-state index is 12.6. The van der Waals surface area contributed by atoms with Crippen LogP contribution in [0.1, 0.15) is 26.2 Å². The lowest BCUT2D eigenvalue weighted by atomic mass is 10.1. The van der Waals surface area contributed by atoms with E-state index >= 15 is 0 Å². The summed E-state index contributed by atoms with van der Waals surface area (Å²) in [6, 6.07) is 5.11. The van der Waals surface area contributed by atoms with Gasteiger partial charge in [-0.05, 0) is 47.2 Å². The number of rotatable bonds is 3. The average molecular weight is 407 g/mol. The first-order valence-corrected chi connectivity index (χ1v) is 8.04. The van der Waals surface area contributed by atoms with Crippen LogP contribution in [0.25, 0.3) is 0 Å². The number of carbonyl (C=O) groups excluding carboxylic acids is 2. The molecule has 0 radical (unpaired) electrons. The van der Waals surface area contributed by atoms with Gasteiger partial charge in [0.2, 0.25) is 11.8 Å². The maximum Gasteiger partial charge on any atom is 0.249 e. The lowest BCUT2D eigenvalue weighted by Gasteiger charge is -2.25. The topological polar surface area (TPSA) is 49.4 Å². The van der Waals surface area contributed by atoms with Gasteiger partial charge in [-0.3, -0.25) is 9.59 Å². The van der Waals surface area contributed by atoms with E-state index in [1.807, 2.05) is 25.1 Å². The normalized spacial score (nSPS) is 19.8. The van der Waals surface area contributed by atoms with E-state index in [4.69, 9.17) is 11.6 Å². The summed E-state index contributed by atoms with van der Waals surface area (Å²) in [6.07, 6.45) is 1.78. The monoisotopic (exact) mass is 406 g/mol. The number of benzene rings is 1. The van der Waals surface area contributed by atoms with Gasteiger partial charge in [-0.25, -0.2) is 0 Å². The minimum atomic E-state index is -0.453. The molecule has 1 heterocycles. The van der Waals surface area contributed by atoms with Crippen molar-refractivity contribution >= 4 is 51.7 Å². The van der Waals surface area contributed by atoms with Crippen molar-refractivity contribution in [3.63, 3.8) is 0 Å². The molecule has 1 aliphatic heterocycles. The van der Waals surface area contributed by atoms with Crippen molar-refractivity contribution in [2.24, 2.45) is 0 Å². The third-order valence-corrected chi connectivity index (χ3v) is 4.21. The van der Waals surface area contributed by atoms with E-state index in [1.165, 1.54) is 0 Å². The summed E-state index contributed by atoms with van der Waals surface area (Å²) in [7, 11) is 0. The van der Waals surface area contributed by atoms with Crippen LogP contribution in [-0.4, -0.2) is 24.4 Å². The number of hydrogen-bond donors (Lipinski definition) is 1. The number of nitrogens with zero attached hydrogens (tertiary/aromatic N) is 1. The SMILES string of the molecule is CCCC1NC(=O)CCN(c2ccc(I)cc2Cl)C1=O. The Morgan fingerprint density at radius 3 is 2.85 bits per heavy atom. The minimum Gasteiger partial charge on any atom is -0.344 e. The first-order valence-electron chi connectivity index (χ1n) is 6.58. The van der Waals surface area contributed by atoms with E-state index in [0.29, 0.717) is 30.1 Å². The van der Waals surface area contributed by atoms with Gasteiger partial charge in [-0.1, -0.05) is 24.9 Å². The first kappa shape index (κ1) is 15.6. The molecule has 0 aromatic heterocycles. The van der Waals surface area contributed by atoms with E-state index in [-0.39, 0.29) is 11.8 Å². The van der Waals surface area contributed by atoms with Crippen molar-refractivity contribution in [3.8, 4) is 0 Å². The molecule has 1 aromatic rings. The zero-order valence-electron chi connectivity index (χ0n) is 11.2. The van der Waals surface area contributed by atoms with Gasteiger partial charge < -0.3 is 10.2 Å². The number of carbonyl (C=O) groups is 2. The number of halogens is 2. The predicted molar refractivity (Wildman–Crippen MR) is 88.0 cm³/mol. The van der Waals surface area contributed by atoms with Gasteiger partial charge in [0.05, 0.1) is 10.7 Å². The molecule has 20 heavy (non-hydrogen) atoms. The van der Waals surface area contributed by atoms with Gasteiger partial charge in [-0.2, -0.15) is 0 Å². The van der Waals surface area contributed by atoms with Crippen LogP contribution in [0, 0.1) is 3.57 Å². The maximum absolute atomic E-state index is 12.6. The molecule has 1 N–H and O–H groups in total. The summed E-state index contributed by atoms with van der Waals surface area (Å²) in [5.41, 5.74) is 0.676. The Hall–Kier alpha value is -0.820. The highest BCUT2D eigenvalue weighted by Gasteiger charge is 2.30. The van der Waals surface area contributed by atoms with Crippen molar-refractivity contribution in [1.29, 1.82) is 0 Å². The smallest absolute Gasteiger partial charge is 0.249 e. The predicted octanol–water partition coefficient (Wildman–Crippen LogP) is 2.97. The molecule has 1 fully saturated rings. The van der Waals surface area contributed by atoms with Crippen LogP contribution in [0.4, 0.5) is 5.69 Å². The van der Waals surface area contributed by atoms with E-state index in [2.05, 4.69) is 27.9 Å². The molecule has 1 unspecified atom stereocenters. The van der Waals surface area contributed by atoms with Crippen molar-refractivity contribution < 1.29 is 9.59 Å². The van der Waals surface area contributed by atoms with Gasteiger partial charge in [0.1, 0.15) is 6.04 Å². The summed E-state index contributed by atoms with van der Waals surface area (Å²) in [5, 5.41) is 3.32. The fourth-order valence-corrected chi connectivity index (χ4v) is 3.22. The molecule has 0 saturated carbocycles. The third-order valence-electron chi connectivity index (χ3n) is 3.24. The average Bonchev–Trinajstić information content (AvgIpc) is 2.52. The second-order valence-corrected chi connectivity index (χ2v) is 6.40. The molecule has 1 saturated heterocycles. The number of amides is 2. The van der Waals surface area contributed by atoms with Gasteiger partial charge in [0.25, 0.3) is 0 Å². The van der Waals surface area contributed by atoms with Crippen LogP contribution in [0.2, 0.25) is 5.02 Å². The Labute approximate surface area is 137 Å². The lowest BCUT2D eigenvalue weighted by Crippen LogP contribution is -2.44. The fraction of sp³-hybridized carbons (Fsp3) is 0.429. The molecule has 2 rings (SSSR count). The van der Waals surface area contributed by atoms with Crippen molar-refractivity contribution in [2.75, 3.05) is 11.4 Å². The van der Waals surface area contributed by atoms with Gasteiger partial charge in [-0.15, -0.1) is 0 Å². The van der Waals surface area contributed by atoms with E-state index < -0.39 is 6.04 Å². The van der Waals surface area contributed by atoms with Crippen LogP contribution in [0.3, 0.4) is 0 Å². The van der Waals surface area contributed by atoms with Crippen LogP contribution >= 0.6 is 34.2 Å². The van der Waals surface area contributed by atoms with E-state index in [1.54, 1.807) is 4.90 Å². The van der Waals surface area contributed by atoms with Gasteiger partial charge in [0.15, 0.2) is 0 Å². The quantitative estimate of drug-likeness (QED) is 0.785. The molecular weight excluding hydrogens is 391 g/mol. The molecular formula is C14H16ClIN2O2. The highest BCUT2D eigenvalue weighted by Crippen LogP contribution is 2.29. The Kier molecular flexibility index (Phi) is 5.26. The zero-order valence-corrected chi connectivity index (χ0v) is 14.1. The van der Waals surface area contributed by atoms with Gasteiger partial charge >= 0.3 is 0 Å². The van der Waals surface area contributed by atoms with Crippen LogP contribution in [-0.2, 0) is 9.59 Å². The summed E-state index contributed by atoms with van der Waals surface area (Å²) < 4.78 is 1.01. The number of anilines is 1. The van der Waals surface area contributed by atoms with E-state index in [0.717, 1.165) is 9.99 Å². The van der Waals surface area contributed by atoms with Crippen molar-refractivity contribution in [3.05, 3.63) is 26.8 Å². The Balaban J connectivity index is 2.33. The summed E-state index contributed by atoms with van der Waals surface area (Å²) in [4.78, 5) is 25.9. The van der Waals surface area contributed by atoms with Crippen molar-refractivity contribution in [1.82, 2.24) is 5.32 Å². The van der Waals surface area contributed by atoms with Crippen LogP contribution < -0.4 is 10.2 Å². The highest BCUT2D eigenvalue weighted by atomic mass is 127. The highest BCUT2D eigenvalue weighted by molar-refractivity contribution is 14.1. The fourth-order valence-electron chi connectivity index (χ4n) is 2.26. The van der Waals surface area contributed by atoms with Crippen LogP contribution in [0.5, 0.6) is 0 Å². The molecule has 1 aliphatic rings. The Morgan fingerprint density at radius 1 is 1.45 bits per heavy atom. The lowest BCUT2D eigenvalue weighted by molar-refractivity contribution is -0.125. The molecule has 0 aliphatic carbocycles. The Bertz CT molecular complexity index is 536. The number of hydrogen-bond acceptors (Lipinski definition) is 2. The summed E-state index contributed by atoms with van der Waals surface area (Å²) >= 11 is 8.41. The molecule has 108 valence electrons. The van der Waals surface area contributed by atoms with Gasteiger partial charge in [0, 0.05) is 16.5 Å². The molecule has 1 aromatic carbocycles. The third kappa shape index (κ3) is 3.44. The standard InChI is InChI=1S/C14H16ClIN2O2/c1-2-3-11-14(20)18(7-6-13(19)17-11)12-5-4-9(16)8-10(12)15/h4-5,8,11H,2-3,6-7H2,1H3,(H,17,19). The number of nitrogens with one attached hydrogen (secondary N) is 1. The van der Waals surface area contributed by atoms with E-state index in [9.17, 15) is 9.59 Å². The summed E-state index contributed by atoms with van der Waals surface area (Å²) in [6.45, 7) is 2.36. The summed E-state index contributed by atoms with van der Waals surface area (Å²) in [5.74, 6) is -0.165. The zero-order chi connectivity index (χ0) is 14.7. The molecule has 2 amide bonds. The molecule has 1 atom stereocenters. The second-order valence-electron chi connectivity index (χ2n) is 4.74. The van der Waals surface area contributed by atoms with Crippen LogP contribution in [0.15, 0.2) is 18.2 Å². The molecule has 0 spiro atoms. The van der Waals surface area contributed by atoms with Crippen molar-refractivity contribution in [2.45, 2.75) is 32.2 Å². The largest absolute Gasteiger partial charge is 0.344 e. The first-order chi connectivity index (χ1) is 9.52.